The number of rotatable bonds is 3. The minimum absolute atomic E-state index is 0.0206. The zero-order valence-electron chi connectivity index (χ0n) is 10.4. The Bertz CT molecular complexity index is 443. The van der Waals surface area contributed by atoms with Gasteiger partial charge in [0.05, 0.1) is 5.02 Å². The summed E-state index contributed by atoms with van der Waals surface area (Å²) in [5.41, 5.74) is 0.644. The van der Waals surface area contributed by atoms with Crippen molar-refractivity contribution in [2.24, 2.45) is 5.92 Å². The minimum atomic E-state index is -0.0206. The molecule has 1 aromatic carbocycles. The van der Waals surface area contributed by atoms with Crippen molar-refractivity contribution in [1.29, 1.82) is 0 Å². The molecule has 2 rings (SSSR count). The van der Waals surface area contributed by atoms with Crippen molar-refractivity contribution in [3.8, 4) is 0 Å². The Morgan fingerprint density at radius 2 is 2.11 bits per heavy atom. The first-order valence-electron chi connectivity index (χ1n) is 6.34. The van der Waals surface area contributed by atoms with E-state index in [1.165, 1.54) is 25.7 Å². The molecule has 1 fully saturated rings. The highest BCUT2D eigenvalue weighted by Gasteiger charge is 2.23. The number of amides is 1. The monoisotopic (exact) mass is 377 g/mol. The molecule has 1 aromatic rings. The first kappa shape index (κ1) is 14.1. The molecule has 1 aliphatic carbocycles. The third-order valence-electron chi connectivity index (χ3n) is 3.65. The average Bonchev–Trinajstić information content (AvgIpc) is 2.86. The third-order valence-corrected chi connectivity index (χ3v) is 5.22. The average molecular weight is 378 g/mol. The molecule has 0 bridgehead atoms. The first-order chi connectivity index (χ1) is 8.58. The van der Waals surface area contributed by atoms with Crippen LogP contribution in [-0.2, 0) is 0 Å². The lowest BCUT2D eigenvalue weighted by Gasteiger charge is -2.20. The number of nitrogens with one attached hydrogen (secondary N) is 1. The molecule has 0 aromatic heterocycles. The van der Waals surface area contributed by atoms with Crippen molar-refractivity contribution in [2.45, 2.75) is 38.6 Å². The van der Waals surface area contributed by atoms with Crippen LogP contribution in [0.5, 0.6) is 0 Å². The van der Waals surface area contributed by atoms with E-state index in [4.69, 9.17) is 11.6 Å². The second-order valence-corrected chi connectivity index (χ2v) is 6.50. The van der Waals surface area contributed by atoms with Gasteiger partial charge in [0.2, 0.25) is 0 Å². The molecule has 1 N–H and O–H groups in total. The molecule has 2 nitrogen and oxygen atoms in total. The van der Waals surface area contributed by atoms with Gasteiger partial charge >= 0.3 is 0 Å². The van der Waals surface area contributed by atoms with E-state index in [2.05, 4.69) is 34.8 Å². The Hall–Kier alpha value is -0.290. The molecular formula is C14H17ClINO. The SMILES string of the molecule is CC(NC(=O)c1ccc(I)c(Cl)c1)C1CCCC1. The summed E-state index contributed by atoms with van der Waals surface area (Å²) in [4.78, 5) is 12.1. The summed E-state index contributed by atoms with van der Waals surface area (Å²) in [6.07, 6.45) is 5.05. The second kappa shape index (κ2) is 6.24. The maximum atomic E-state index is 12.1. The lowest BCUT2D eigenvalue weighted by Crippen LogP contribution is -2.37. The number of halogens is 2. The molecule has 1 saturated carbocycles. The van der Waals surface area contributed by atoms with E-state index in [0.717, 1.165) is 3.57 Å². The summed E-state index contributed by atoms with van der Waals surface area (Å²) in [7, 11) is 0. The largest absolute Gasteiger partial charge is 0.349 e. The summed E-state index contributed by atoms with van der Waals surface area (Å²) in [6.45, 7) is 2.10. The molecule has 0 aliphatic heterocycles. The second-order valence-electron chi connectivity index (χ2n) is 4.94. The van der Waals surface area contributed by atoms with Gasteiger partial charge in [0.15, 0.2) is 0 Å². The van der Waals surface area contributed by atoms with Crippen LogP contribution in [0, 0.1) is 9.49 Å². The molecule has 0 heterocycles. The Morgan fingerprint density at radius 1 is 1.44 bits per heavy atom. The van der Waals surface area contributed by atoms with Crippen molar-refractivity contribution >= 4 is 40.1 Å². The zero-order chi connectivity index (χ0) is 13.1. The summed E-state index contributed by atoms with van der Waals surface area (Å²) < 4.78 is 0.967. The van der Waals surface area contributed by atoms with Crippen LogP contribution in [0.4, 0.5) is 0 Å². The lowest BCUT2D eigenvalue weighted by molar-refractivity contribution is 0.0927. The molecule has 0 radical (unpaired) electrons. The van der Waals surface area contributed by atoms with Crippen molar-refractivity contribution in [2.75, 3.05) is 0 Å². The van der Waals surface area contributed by atoms with Gasteiger partial charge in [0.25, 0.3) is 5.91 Å². The predicted octanol–water partition coefficient (Wildman–Crippen LogP) is 4.25. The smallest absolute Gasteiger partial charge is 0.251 e. The van der Waals surface area contributed by atoms with Crippen LogP contribution in [0.15, 0.2) is 18.2 Å². The van der Waals surface area contributed by atoms with Crippen molar-refractivity contribution < 1.29 is 4.79 Å². The van der Waals surface area contributed by atoms with Crippen LogP contribution in [-0.4, -0.2) is 11.9 Å². The molecule has 98 valence electrons. The van der Waals surface area contributed by atoms with E-state index >= 15 is 0 Å². The van der Waals surface area contributed by atoms with Gasteiger partial charge < -0.3 is 5.32 Å². The fraction of sp³-hybridized carbons (Fsp3) is 0.500. The van der Waals surface area contributed by atoms with Gasteiger partial charge in [0, 0.05) is 15.2 Å². The highest BCUT2D eigenvalue weighted by molar-refractivity contribution is 14.1. The normalized spacial score (nSPS) is 17.7. The van der Waals surface area contributed by atoms with Crippen LogP contribution in [0.1, 0.15) is 43.0 Å². The van der Waals surface area contributed by atoms with Crippen LogP contribution < -0.4 is 5.32 Å². The van der Waals surface area contributed by atoms with E-state index in [0.29, 0.717) is 16.5 Å². The molecule has 18 heavy (non-hydrogen) atoms. The van der Waals surface area contributed by atoms with E-state index < -0.39 is 0 Å². The topological polar surface area (TPSA) is 29.1 Å². The van der Waals surface area contributed by atoms with Crippen LogP contribution in [0.25, 0.3) is 0 Å². The van der Waals surface area contributed by atoms with Gasteiger partial charge in [-0.2, -0.15) is 0 Å². The summed E-state index contributed by atoms with van der Waals surface area (Å²) >= 11 is 8.19. The quantitative estimate of drug-likeness (QED) is 0.784. The van der Waals surface area contributed by atoms with Gasteiger partial charge in [-0.1, -0.05) is 24.4 Å². The van der Waals surface area contributed by atoms with E-state index in [9.17, 15) is 4.79 Å². The highest BCUT2D eigenvalue weighted by Crippen LogP contribution is 2.27. The standard InChI is InChI=1S/C14H17ClINO/c1-9(10-4-2-3-5-10)17-14(18)11-6-7-13(16)12(15)8-11/h6-10H,2-5H2,1H3,(H,17,18). The van der Waals surface area contributed by atoms with Crippen molar-refractivity contribution in [1.82, 2.24) is 5.32 Å². The Morgan fingerprint density at radius 3 is 2.72 bits per heavy atom. The van der Waals surface area contributed by atoms with Gasteiger partial charge in [-0.15, -0.1) is 0 Å². The maximum absolute atomic E-state index is 12.1. The van der Waals surface area contributed by atoms with Crippen molar-refractivity contribution in [3.05, 3.63) is 32.4 Å². The first-order valence-corrected chi connectivity index (χ1v) is 7.79. The molecule has 0 saturated heterocycles. The number of benzene rings is 1. The molecule has 1 unspecified atom stereocenters. The summed E-state index contributed by atoms with van der Waals surface area (Å²) in [6, 6.07) is 5.68. The minimum Gasteiger partial charge on any atom is -0.349 e. The fourth-order valence-corrected chi connectivity index (χ4v) is 3.02. The van der Waals surface area contributed by atoms with E-state index in [1.807, 2.05) is 12.1 Å². The molecule has 1 amide bonds. The Kier molecular flexibility index (Phi) is 4.90. The van der Waals surface area contributed by atoms with Crippen LogP contribution >= 0.6 is 34.2 Å². The van der Waals surface area contributed by atoms with Gasteiger partial charge in [-0.25, -0.2) is 0 Å². The summed E-state index contributed by atoms with van der Waals surface area (Å²) in [5, 5.41) is 3.72. The Labute approximate surface area is 127 Å². The number of carbonyl (C=O) groups excluding carboxylic acids is 1. The molecule has 1 aliphatic rings. The van der Waals surface area contributed by atoms with E-state index in [1.54, 1.807) is 6.07 Å². The van der Waals surface area contributed by atoms with Crippen molar-refractivity contribution in [3.63, 3.8) is 0 Å². The maximum Gasteiger partial charge on any atom is 0.251 e. The fourth-order valence-electron chi connectivity index (χ4n) is 2.50. The molecular weight excluding hydrogens is 361 g/mol. The molecule has 4 heteroatoms. The lowest BCUT2D eigenvalue weighted by atomic mass is 9.99. The third kappa shape index (κ3) is 3.38. The number of hydrogen-bond acceptors (Lipinski definition) is 1. The summed E-state index contributed by atoms with van der Waals surface area (Å²) in [5.74, 6) is 0.612. The Balaban J connectivity index is 2.00. The van der Waals surface area contributed by atoms with E-state index in [-0.39, 0.29) is 11.9 Å². The predicted molar refractivity (Wildman–Crippen MR) is 83.1 cm³/mol. The van der Waals surface area contributed by atoms with Gasteiger partial charge in [-0.3, -0.25) is 4.79 Å². The van der Waals surface area contributed by atoms with Crippen LogP contribution in [0.2, 0.25) is 5.02 Å². The number of carbonyl (C=O) groups is 1. The molecule has 1 atom stereocenters. The molecule has 0 spiro atoms. The highest BCUT2D eigenvalue weighted by atomic mass is 127. The van der Waals surface area contributed by atoms with Crippen LogP contribution in [0.3, 0.4) is 0 Å². The zero-order valence-corrected chi connectivity index (χ0v) is 13.3. The van der Waals surface area contributed by atoms with Gasteiger partial charge in [0.1, 0.15) is 0 Å². The number of hydrogen-bond donors (Lipinski definition) is 1. The van der Waals surface area contributed by atoms with Gasteiger partial charge in [-0.05, 0) is 66.5 Å².